The molecule has 3 amide bonds. The van der Waals surface area contributed by atoms with E-state index in [-0.39, 0.29) is 16.6 Å². The van der Waals surface area contributed by atoms with Crippen LogP contribution in [0.5, 0.6) is 0 Å². The lowest BCUT2D eigenvalue weighted by Gasteiger charge is -2.31. The van der Waals surface area contributed by atoms with Gasteiger partial charge in [0.25, 0.3) is 5.91 Å². The van der Waals surface area contributed by atoms with Crippen LogP contribution in [0, 0.1) is 5.82 Å². The summed E-state index contributed by atoms with van der Waals surface area (Å²) in [6, 6.07) is 9.24. The van der Waals surface area contributed by atoms with Gasteiger partial charge in [-0.3, -0.25) is 4.79 Å². The van der Waals surface area contributed by atoms with E-state index in [0.717, 1.165) is 29.9 Å². The van der Waals surface area contributed by atoms with E-state index in [2.05, 4.69) is 20.8 Å². The van der Waals surface area contributed by atoms with Crippen molar-refractivity contribution in [3.05, 3.63) is 69.9 Å². The molecule has 2 heterocycles. The predicted octanol–water partition coefficient (Wildman–Crippen LogP) is 5.36. The molecule has 2 N–H and O–H groups in total. The number of urea groups is 1. The first-order valence-corrected chi connectivity index (χ1v) is 11.1. The summed E-state index contributed by atoms with van der Waals surface area (Å²) in [6.07, 6.45) is -3.12. The van der Waals surface area contributed by atoms with Gasteiger partial charge in [0.05, 0.1) is 5.56 Å². The average Bonchev–Trinajstić information content (AvgIpc) is 3.31. The summed E-state index contributed by atoms with van der Waals surface area (Å²) >= 11 is 1.10. The fraction of sp³-hybridized carbons (Fsp3) is 0.273. The molecule has 4 rings (SSSR count). The van der Waals surface area contributed by atoms with Crippen LogP contribution in [-0.4, -0.2) is 40.1 Å². The van der Waals surface area contributed by atoms with Gasteiger partial charge in [-0.05, 0) is 55.3 Å². The van der Waals surface area contributed by atoms with Gasteiger partial charge in [0.15, 0.2) is 0 Å². The third-order valence-corrected chi connectivity index (χ3v) is 6.32. The maximum Gasteiger partial charge on any atom is 0.416 e. The maximum atomic E-state index is 13.0. The molecule has 1 atom stereocenters. The smallest absolute Gasteiger partial charge is 0.324 e. The summed E-state index contributed by atoms with van der Waals surface area (Å²) in [5.41, 5.74) is -0.377. The van der Waals surface area contributed by atoms with Crippen molar-refractivity contribution in [1.29, 1.82) is 0 Å². The van der Waals surface area contributed by atoms with E-state index in [0.29, 0.717) is 30.2 Å². The first kappa shape index (κ1) is 23.6. The van der Waals surface area contributed by atoms with E-state index in [1.807, 2.05) is 0 Å². The number of anilines is 2. The summed E-state index contributed by atoms with van der Waals surface area (Å²) in [6.45, 7) is 0.733. The van der Waals surface area contributed by atoms with E-state index in [1.54, 1.807) is 0 Å². The predicted molar refractivity (Wildman–Crippen MR) is 118 cm³/mol. The number of benzene rings is 2. The molecule has 34 heavy (non-hydrogen) atoms. The molecular formula is C22H19F4N5O2S. The molecule has 178 valence electrons. The molecule has 1 saturated heterocycles. The number of hydrogen-bond acceptors (Lipinski definition) is 5. The molecule has 3 aromatic rings. The second-order valence-corrected chi connectivity index (χ2v) is 8.71. The number of alkyl halides is 3. The second-order valence-electron chi connectivity index (χ2n) is 7.70. The lowest BCUT2D eigenvalue weighted by atomic mass is 9.99. The van der Waals surface area contributed by atoms with E-state index in [9.17, 15) is 27.2 Å². The summed E-state index contributed by atoms with van der Waals surface area (Å²) in [7, 11) is 0. The molecular weight excluding hydrogens is 474 g/mol. The minimum Gasteiger partial charge on any atom is -0.324 e. The number of likely N-dealkylation sites (tertiary alicyclic amines) is 1. The fourth-order valence-corrected chi connectivity index (χ4v) is 4.41. The van der Waals surface area contributed by atoms with Crippen LogP contribution < -0.4 is 10.6 Å². The molecule has 0 spiro atoms. The topological polar surface area (TPSA) is 87.2 Å². The Morgan fingerprint density at radius 3 is 2.53 bits per heavy atom. The van der Waals surface area contributed by atoms with Crippen molar-refractivity contribution in [2.24, 2.45) is 0 Å². The Morgan fingerprint density at radius 1 is 1.03 bits per heavy atom. The molecule has 7 nitrogen and oxygen atoms in total. The minimum atomic E-state index is -4.50. The number of carbonyl (C=O) groups excluding carboxylic acids is 2. The van der Waals surface area contributed by atoms with Crippen molar-refractivity contribution >= 4 is 34.6 Å². The number of nitrogens with zero attached hydrogens (tertiary/aromatic N) is 3. The number of rotatable bonds is 4. The van der Waals surface area contributed by atoms with Gasteiger partial charge in [-0.15, -0.1) is 10.2 Å². The van der Waals surface area contributed by atoms with Crippen LogP contribution >= 0.6 is 11.3 Å². The molecule has 0 aliphatic carbocycles. The van der Waals surface area contributed by atoms with Gasteiger partial charge in [-0.2, -0.15) is 13.2 Å². The van der Waals surface area contributed by atoms with Crippen LogP contribution in [0.15, 0.2) is 48.5 Å². The van der Waals surface area contributed by atoms with Gasteiger partial charge in [0.2, 0.25) is 5.01 Å². The summed E-state index contributed by atoms with van der Waals surface area (Å²) in [5, 5.41) is 13.9. The van der Waals surface area contributed by atoms with Crippen molar-refractivity contribution in [3.63, 3.8) is 0 Å². The monoisotopic (exact) mass is 493 g/mol. The van der Waals surface area contributed by atoms with Crippen LogP contribution in [0.1, 0.15) is 39.1 Å². The third kappa shape index (κ3) is 5.68. The molecule has 1 aliphatic rings. The molecule has 2 aromatic carbocycles. The number of halogens is 4. The summed E-state index contributed by atoms with van der Waals surface area (Å²) < 4.78 is 51.8. The molecule has 0 unspecified atom stereocenters. The second kappa shape index (κ2) is 9.75. The normalized spacial score (nSPS) is 16.2. The van der Waals surface area contributed by atoms with E-state index in [1.165, 1.54) is 41.3 Å². The van der Waals surface area contributed by atoms with Gasteiger partial charge in [-0.25, -0.2) is 9.18 Å². The van der Waals surface area contributed by atoms with Crippen LogP contribution in [0.4, 0.5) is 33.7 Å². The average molecular weight is 493 g/mol. The highest BCUT2D eigenvalue weighted by Crippen LogP contribution is 2.32. The van der Waals surface area contributed by atoms with Crippen molar-refractivity contribution in [2.75, 3.05) is 23.7 Å². The van der Waals surface area contributed by atoms with Crippen molar-refractivity contribution < 1.29 is 27.2 Å². The van der Waals surface area contributed by atoms with Gasteiger partial charge in [0, 0.05) is 30.4 Å². The standard InChI is InChI=1S/C22H19F4N5O2S/c23-15-6-8-16(9-7-15)27-18(32)20-30-29-19(34-20)13-3-2-10-31(12-13)21(33)28-17-5-1-4-14(11-17)22(24,25)26/h1,4-9,11,13H,2-3,10,12H2,(H,27,32)(H,28,33)/t13-/m0/s1. The maximum absolute atomic E-state index is 13.0. The highest BCUT2D eigenvalue weighted by molar-refractivity contribution is 7.13. The Hall–Kier alpha value is -3.54. The van der Waals surface area contributed by atoms with E-state index >= 15 is 0 Å². The molecule has 0 bridgehead atoms. The molecule has 1 fully saturated rings. The van der Waals surface area contributed by atoms with Gasteiger partial charge >= 0.3 is 12.2 Å². The third-order valence-electron chi connectivity index (χ3n) is 5.24. The highest BCUT2D eigenvalue weighted by atomic mass is 32.1. The first-order valence-electron chi connectivity index (χ1n) is 10.3. The number of carbonyl (C=O) groups is 2. The van der Waals surface area contributed by atoms with Crippen molar-refractivity contribution in [2.45, 2.75) is 24.9 Å². The van der Waals surface area contributed by atoms with Gasteiger partial charge < -0.3 is 15.5 Å². The van der Waals surface area contributed by atoms with Crippen LogP contribution in [0.25, 0.3) is 0 Å². The number of amides is 3. The fourth-order valence-electron chi connectivity index (χ4n) is 3.55. The van der Waals surface area contributed by atoms with E-state index < -0.39 is 29.5 Å². The molecule has 0 saturated carbocycles. The van der Waals surface area contributed by atoms with Gasteiger partial charge in [0.1, 0.15) is 10.8 Å². The Balaban J connectivity index is 1.38. The van der Waals surface area contributed by atoms with Crippen molar-refractivity contribution in [3.8, 4) is 0 Å². The Kier molecular flexibility index (Phi) is 6.77. The zero-order valence-corrected chi connectivity index (χ0v) is 18.4. The Morgan fingerprint density at radius 2 is 1.79 bits per heavy atom. The number of piperidine rings is 1. The zero-order chi connectivity index (χ0) is 24.3. The van der Waals surface area contributed by atoms with Crippen LogP contribution in [0.3, 0.4) is 0 Å². The van der Waals surface area contributed by atoms with Crippen LogP contribution in [0.2, 0.25) is 0 Å². The number of nitrogens with one attached hydrogen (secondary N) is 2. The lowest BCUT2D eigenvalue weighted by molar-refractivity contribution is -0.137. The largest absolute Gasteiger partial charge is 0.416 e. The summed E-state index contributed by atoms with van der Waals surface area (Å²) in [4.78, 5) is 26.6. The lowest BCUT2D eigenvalue weighted by Crippen LogP contribution is -2.41. The number of hydrogen-bond donors (Lipinski definition) is 2. The Labute approximate surface area is 195 Å². The van der Waals surface area contributed by atoms with Gasteiger partial charge in [-0.1, -0.05) is 17.4 Å². The SMILES string of the molecule is O=C(Nc1ccc(F)cc1)c1nnc([C@H]2CCCN(C(=O)Nc3cccc(C(F)(F)F)c3)C2)s1. The Bertz CT molecular complexity index is 1180. The van der Waals surface area contributed by atoms with Crippen LogP contribution in [-0.2, 0) is 6.18 Å². The highest BCUT2D eigenvalue weighted by Gasteiger charge is 2.31. The molecule has 1 aliphatic heterocycles. The number of aromatic nitrogens is 2. The quantitative estimate of drug-likeness (QED) is 0.479. The summed E-state index contributed by atoms with van der Waals surface area (Å²) in [5.74, 6) is -1.06. The molecule has 12 heteroatoms. The van der Waals surface area contributed by atoms with E-state index in [4.69, 9.17) is 0 Å². The minimum absolute atomic E-state index is 0.0533. The zero-order valence-electron chi connectivity index (χ0n) is 17.6. The van der Waals surface area contributed by atoms with Crippen molar-refractivity contribution in [1.82, 2.24) is 15.1 Å². The molecule has 0 radical (unpaired) electrons. The first-order chi connectivity index (χ1) is 16.2. The molecule has 1 aromatic heterocycles.